The van der Waals surface area contributed by atoms with Gasteiger partial charge in [-0.1, -0.05) is 0 Å². The minimum Gasteiger partial charge on any atom is -0.475 e. The van der Waals surface area contributed by atoms with Gasteiger partial charge in [0.15, 0.2) is 5.82 Å². The number of methoxy groups -OCH3 is 1. The number of alkyl halides is 6. The van der Waals surface area contributed by atoms with Gasteiger partial charge in [-0.3, -0.25) is 4.90 Å². The van der Waals surface area contributed by atoms with E-state index >= 15 is 0 Å². The number of imidazole rings is 1. The Balaban J connectivity index is 0.000000367. The molecule has 4 heterocycles. The van der Waals surface area contributed by atoms with Crippen LogP contribution in [0, 0.1) is 0 Å². The molecule has 234 valence electrons. The Bertz CT molecular complexity index is 1270. The zero-order chi connectivity index (χ0) is 31.7. The molecule has 1 fully saturated rings. The maximum atomic E-state index is 10.6. The van der Waals surface area contributed by atoms with Gasteiger partial charge in [-0.2, -0.15) is 37.7 Å². The minimum atomic E-state index is -5.08. The van der Waals surface area contributed by atoms with Gasteiger partial charge in [0.05, 0.1) is 18.5 Å². The van der Waals surface area contributed by atoms with Gasteiger partial charge < -0.3 is 24.4 Å². The van der Waals surface area contributed by atoms with Crippen molar-refractivity contribution in [2.45, 2.75) is 37.7 Å². The van der Waals surface area contributed by atoms with Crippen LogP contribution in [0.2, 0.25) is 0 Å². The number of piperidine rings is 1. The van der Waals surface area contributed by atoms with Crippen molar-refractivity contribution in [3.63, 3.8) is 0 Å². The second kappa shape index (κ2) is 15.2. The van der Waals surface area contributed by atoms with E-state index in [9.17, 15) is 26.3 Å². The zero-order valence-corrected chi connectivity index (χ0v) is 23.8. The average molecular weight is 628 g/mol. The number of thiophene rings is 1. The summed E-state index contributed by atoms with van der Waals surface area (Å²) in [5.41, 5.74) is 4.76. The molecule has 1 aliphatic rings. The summed E-state index contributed by atoms with van der Waals surface area (Å²) in [6.07, 6.45) is -5.98. The molecule has 4 rings (SSSR count). The van der Waals surface area contributed by atoms with E-state index in [1.54, 1.807) is 18.4 Å². The molecule has 42 heavy (non-hydrogen) atoms. The van der Waals surface area contributed by atoms with Gasteiger partial charge in [0.2, 0.25) is 0 Å². The number of fused-ring (bicyclic) bond motifs is 1. The molecule has 17 heteroatoms. The zero-order valence-electron chi connectivity index (χ0n) is 22.9. The maximum Gasteiger partial charge on any atom is 0.490 e. The van der Waals surface area contributed by atoms with E-state index < -0.39 is 24.3 Å². The highest BCUT2D eigenvalue weighted by molar-refractivity contribution is 7.07. The second-order valence-corrected chi connectivity index (χ2v) is 10.1. The topological polar surface area (TPSA) is 121 Å². The molecule has 3 aromatic rings. The van der Waals surface area contributed by atoms with E-state index in [-0.39, 0.29) is 0 Å². The van der Waals surface area contributed by atoms with Gasteiger partial charge in [-0.25, -0.2) is 19.6 Å². The van der Waals surface area contributed by atoms with Crippen molar-refractivity contribution < 1.29 is 50.9 Å². The standard InChI is InChI=1S/C21H29N5OS.2C2HF3O2/c1-24(9-10-27-3)21-20-19(25(2)15-22-20)12-18(23-21)17-4-7-26(8-5-17)13-16-6-11-28-14-16;2*3-2(4,5)1(6)7/h6,11-12,14-15,17H,4-5,7-10,13H2,1-3H3;2*(H,6,7). The molecule has 0 bridgehead atoms. The molecular weight excluding hydrogens is 596 g/mol. The maximum absolute atomic E-state index is 10.6. The van der Waals surface area contributed by atoms with Crippen molar-refractivity contribution in [1.29, 1.82) is 0 Å². The number of likely N-dealkylation sites (N-methyl/N-ethyl adjacent to an activating group) is 1. The lowest BCUT2D eigenvalue weighted by molar-refractivity contribution is -0.193. The molecule has 0 unspecified atom stereocenters. The van der Waals surface area contributed by atoms with Crippen molar-refractivity contribution >= 4 is 40.1 Å². The summed E-state index contributed by atoms with van der Waals surface area (Å²) >= 11 is 1.78. The number of likely N-dealkylation sites (tertiary alicyclic amines) is 1. The third-order valence-electron chi connectivity index (χ3n) is 6.18. The first-order chi connectivity index (χ1) is 19.5. The van der Waals surface area contributed by atoms with E-state index in [1.165, 1.54) is 11.3 Å². The highest BCUT2D eigenvalue weighted by Crippen LogP contribution is 2.32. The van der Waals surface area contributed by atoms with Crippen LogP contribution in [0.5, 0.6) is 0 Å². The third-order valence-corrected chi connectivity index (χ3v) is 6.92. The molecule has 0 amide bonds. The van der Waals surface area contributed by atoms with Crippen LogP contribution in [0.4, 0.5) is 32.2 Å². The van der Waals surface area contributed by atoms with Crippen LogP contribution in [0.15, 0.2) is 29.2 Å². The molecule has 1 saturated heterocycles. The average Bonchev–Trinajstić information content (AvgIpc) is 3.56. The van der Waals surface area contributed by atoms with Gasteiger partial charge >= 0.3 is 24.3 Å². The van der Waals surface area contributed by atoms with E-state index in [0.717, 1.165) is 55.9 Å². The van der Waals surface area contributed by atoms with Crippen LogP contribution in [-0.4, -0.2) is 94.3 Å². The molecule has 0 radical (unpaired) electrons. The number of rotatable bonds is 7. The minimum absolute atomic E-state index is 0.507. The number of halogens is 6. The van der Waals surface area contributed by atoms with Crippen molar-refractivity contribution in [2.75, 3.05) is 45.3 Å². The number of hydrogen-bond acceptors (Lipinski definition) is 8. The van der Waals surface area contributed by atoms with E-state index in [1.807, 2.05) is 6.33 Å². The number of aromatic nitrogens is 3. The molecule has 0 aromatic carbocycles. The summed E-state index contributed by atoms with van der Waals surface area (Å²) in [5, 5.41) is 18.7. The Morgan fingerprint density at radius 3 is 2.17 bits per heavy atom. The predicted molar refractivity (Wildman–Crippen MR) is 143 cm³/mol. The molecule has 0 atom stereocenters. The quantitative estimate of drug-likeness (QED) is 0.357. The summed E-state index contributed by atoms with van der Waals surface area (Å²) in [7, 11) is 5.86. The third kappa shape index (κ3) is 10.4. The Kier molecular flexibility index (Phi) is 12.5. The molecule has 0 saturated carbocycles. The van der Waals surface area contributed by atoms with Crippen LogP contribution in [0.3, 0.4) is 0 Å². The van der Waals surface area contributed by atoms with Crippen LogP contribution in [0.1, 0.15) is 30.0 Å². The number of aryl methyl sites for hydroxylation is 1. The lowest BCUT2D eigenvalue weighted by atomic mass is 9.92. The lowest BCUT2D eigenvalue weighted by Crippen LogP contribution is -2.32. The Morgan fingerprint density at radius 1 is 1.12 bits per heavy atom. The number of anilines is 1. The van der Waals surface area contributed by atoms with E-state index in [2.05, 4.69) is 56.3 Å². The number of ether oxygens (including phenoxy) is 1. The van der Waals surface area contributed by atoms with Crippen LogP contribution in [0.25, 0.3) is 11.0 Å². The first-order valence-corrected chi connectivity index (χ1v) is 13.3. The van der Waals surface area contributed by atoms with Gasteiger partial charge in [-0.05, 0) is 54.4 Å². The number of pyridine rings is 1. The predicted octanol–water partition coefficient (Wildman–Crippen LogP) is 4.76. The fraction of sp³-hybridized carbons (Fsp3) is 0.520. The Labute approximate surface area is 241 Å². The fourth-order valence-corrected chi connectivity index (χ4v) is 4.63. The van der Waals surface area contributed by atoms with Crippen molar-refractivity contribution in [3.05, 3.63) is 40.5 Å². The number of hydrogen-bond donors (Lipinski definition) is 2. The van der Waals surface area contributed by atoms with Crippen LogP contribution >= 0.6 is 11.3 Å². The molecule has 2 N–H and O–H groups in total. The Hall–Kier alpha value is -3.44. The largest absolute Gasteiger partial charge is 0.490 e. The van der Waals surface area contributed by atoms with Crippen molar-refractivity contribution in [1.82, 2.24) is 19.4 Å². The monoisotopic (exact) mass is 627 g/mol. The number of carboxylic acids is 2. The van der Waals surface area contributed by atoms with Crippen LogP contribution < -0.4 is 4.90 Å². The lowest BCUT2D eigenvalue weighted by Gasteiger charge is -2.32. The fourth-order valence-electron chi connectivity index (χ4n) is 3.97. The van der Waals surface area contributed by atoms with Crippen LogP contribution in [-0.2, 0) is 27.9 Å². The first-order valence-electron chi connectivity index (χ1n) is 12.4. The van der Waals surface area contributed by atoms with E-state index in [0.29, 0.717) is 12.5 Å². The van der Waals surface area contributed by atoms with Gasteiger partial charge in [0, 0.05) is 45.9 Å². The molecule has 1 aliphatic heterocycles. The van der Waals surface area contributed by atoms with E-state index in [4.69, 9.17) is 29.5 Å². The van der Waals surface area contributed by atoms with Crippen molar-refractivity contribution in [2.24, 2.45) is 7.05 Å². The molecule has 0 aliphatic carbocycles. The SMILES string of the molecule is COCCN(C)c1nc(C2CCN(Cc3ccsc3)CC2)cc2c1ncn2C.O=C(O)C(F)(F)F.O=C(O)C(F)(F)F. The summed E-state index contributed by atoms with van der Waals surface area (Å²) in [4.78, 5) is 32.2. The summed E-state index contributed by atoms with van der Waals surface area (Å²) < 4.78 is 70.8. The number of nitrogens with zero attached hydrogens (tertiary/aromatic N) is 5. The first kappa shape index (κ1) is 34.8. The highest BCUT2D eigenvalue weighted by Gasteiger charge is 2.38. The number of carboxylic acid groups (broad SMARTS) is 2. The molecular formula is C25H31F6N5O5S. The summed E-state index contributed by atoms with van der Waals surface area (Å²) in [6.45, 7) is 4.80. The summed E-state index contributed by atoms with van der Waals surface area (Å²) in [5.74, 6) is -4.04. The molecule has 0 spiro atoms. The van der Waals surface area contributed by atoms with Crippen molar-refractivity contribution in [3.8, 4) is 0 Å². The Morgan fingerprint density at radius 2 is 1.69 bits per heavy atom. The highest BCUT2D eigenvalue weighted by atomic mass is 32.1. The second-order valence-electron chi connectivity index (χ2n) is 9.30. The smallest absolute Gasteiger partial charge is 0.475 e. The number of aliphatic carboxylic acids is 2. The molecule has 10 nitrogen and oxygen atoms in total. The number of carbonyl (C=O) groups is 2. The van der Waals surface area contributed by atoms with Gasteiger partial charge in [-0.15, -0.1) is 0 Å². The summed E-state index contributed by atoms with van der Waals surface area (Å²) in [6, 6.07) is 4.48. The van der Waals surface area contributed by atoms with Gasteiger partial charge in [0.1, 0.15) is 5.52 Å². The molecule has 3 aromatic heterocycles. The van der Waals surface area contributed by atoms with Gasteiger partial charge in [0.25, 0.3) is 0 Å². The normalized spacial score (nSPS) is 14.5.